The van der Waals surface area contributed by atoms with Gasteiger partial charge in [0.25, 0.3) is 0 Å². The number of carbonyl (C=O) groups excluding carboxylic acids is 1. The number of rotatable bonds is 7. The van der Waals surface area contributed by atoms with E-state index in [1.54, 1.807) is 4.90 Å². The molecule has 0 aliphatic rings. The van der Waals surface area contributed by atoms with Gasteiger partial charge in [-0.25, -0.2) is 0 Å². The topological polar surface area (TPSA) is 58.1 Å². The summed E-state index contributed by atoms with van der Waals surface area (Å²) in [7, 11) is 1.82. The van der Waals surface area contributed by atoms with Crippen LogP contribution in [0.15, 0.2) is 58.9 Å². The van der Waals surface area contributed by atoms with E-state index < -0.39 is 0 Å². The first-order valence-corrected chi connectivity index (χ1v) is 9.98. The predicted molar refractivity (Wildman–Crippen MR) is 108 cm³/mol. The van der Waals surface area contributed by atoms with Crippen molar-refractivity contribution in [3.8, 4) is 0 Å². The average Bonchev–Trinajstić information content (AvgIpc) is 3.08. The smallest absolute Gasteiger partial charge is 0.233 e. The molecule has 0 radical (unpaired) electrons. The van der Waals surface area contributed by atoms with Crippen LogP contribution in [0.3, 0.4) is 0 Å². The van der Waals surface area contributed by atoms with Crippen LogP contribution in [0.1, 0.15) is 11.1 Å². The number of amides is 1. The lowest BCUT2D eigenvalue weighted by molar-refractivity contribution is -0.127. The van der Waals surface area contributed by atoms with E-state index in [1.165, 1.54) is 28.7 Å². The molecule has 0 unspecified atom stereocenters. The van der Waals surface area contributed by atoms with Gasteiger partial charge in [0.15, 0.2) is 4.34 Å². The molecule has 26 heavy (non-hydrogen) atoms. The van der Waals surface area contributed by atoms with Crippen molar-refractivity contribution in [1.82, 2.24) is 15.1 Å². The molecule has 0 saturated heterocycles. The van der Waals surface area contributed by atoms with Crippen LogP contribution in [0.5, 0.6) is 0 Å². The molecule has 1 heterocycles. The Morgan fingerprint density at radius 3 is 2.73 bits per heavy atom. The number of hydrogen-bond donors (Lipinski definition) is 1. The molecule has 1 aromatic heterocycles. The Balaban J connectivity index is 1.50. The van der Waals surface area contributed by atoms with Crippen LogP contribution in [0.2, 0.25) is 0 Å². The quantitative estimate of drug-likeness (QED) is 0.614. The number of nitrogens with one attached hydrogen (secondary N) is 1. The van der Waals surface area contributed by atoms with Crippen LogP contribution in [-0.2, 0) is 11.3 Å². The molecule has 0 saturated carbocycles. The van der Waals surface area contributed by atoms with Crippen LogP contribution in [0, 0.1) is 6.92 Å². The number of carbonyl (C=O) groups is 1. The molecule has 0 aliphatic carbocycles. The second-order valence-corrected chi connectivity index (χ2v) is 8.09. The predicted octanol–water partition coefficient (Wildman–Crippen LogP) is 4.34. The largest absolute Gasteiger partial charge is 0.341 e. The average molecular weight is 385 g/mol. The van der Waals surface area contributed by atoms with Crippen molar-refractivity contribution in [3.05, 3.63) is 65.7 Å². The van der Waals surface area contributed by atoms with Crippen LogP contribution >= 0.6 is 23.1 Å². The number of anilines is 2. The molecule has 2 aromatic carbocycles. The van der Waals surface area contributed by atoms with Gasteiger partial charge >= 0.3 is 0 Å². The van der Waals surface area contributed by atoms with Crippen LogP contribution in [0.4, 0.5) is 10.8 Å². The molecule has 0 fully saturated rings. The maximum absolute atomic E-state index is 12.3. The number of nitrogens with zero attached hydrogens (tertiary/aromatic N) is 3. The first-order valence-electron chi connectivity index (χ1n) is 8.18. The number of aryl methyl sites for hydroxylation is 1. The van der Waals surface area contributed by atoms with Gasteiger partial charge < -0.3 is 10.2 Å². The molecular formula is C19H20N4OS2. The summed E-state index contributed by atoms with van der Waals surface area (Å²) in [4.78, 5) is 14.0. The molecule has 0 spiro atoms. The van der Waals surface area contributed by atoms with Crippen LogP contribution in [0.25, 0.3) is 0 Å². The van der Waals surface area contributed by atoms with Gasteiger partial charge in [0.05, 0.1) is 5.75 Å². The Bertz CT molecular complexity index is 867. The minimum absolute atomic E-state index is 0.0715. The van der Waals surface area contributed by atoms with Crippen molar-refractivity contribution in [2.45, 2.75) is 17.8 Å². The summed E-state index contributed by atoms with van der Waals surface area (Å²) in [6.07, 6.45) is 0. The summed E-state index contributed by atoms with van der Waals surface area (Å²) >= 11 is 2.87. The van der Waals surface area contributed by atoms with Gasteiger partial charge in [-0.1, -0.05) is 65.6 Å². The van der Waals surface area contributed by atoms with Gasteiger partial charge in [0.1, 0.15) is 0 Å². The third kappa shape index (κ3) is 5.31. The fourth-order valence-corrected chi connectivity index (χ4v) is 4.06. The normalized spacial score (nSPS) is 10.5. The summed E-state index contributed by atoms with van der Waals surface area (Å²) in [6.45, 7) is 2.65. The highest BCUT2D eigenvalue weighted by molar-refractivity contribution is 8.01. The van der Waals surface area contributed by atoms with E-state index in [1.807, 2.05) is 62.5 Å². The van der Waals surface area contributed by atoms with Gasteiger partial charge in [-0.2, -0.15) is 0 Å². The monoisotopic (exact) mass is 384 g/mol. The maximum atomic E-state index is 12.3. The molecule has 3 rings (SSSR count). The Morgan fingerprint density at radius 1 is 1.15 bits per heavy atom. The zero-order chi connectivity index (χ0) is 18.4. The fourth-order valence-electron chi connectivity index (χ4n) is 2.34. The lowest BCUT2D eigenvalue weighted by Gasteiger charge is -2.16. The highest BCUT2D eigenvalue weighted by atomic mass is 32.2. The van der Waals surface area contributed by atoms with E-state index in [4.69, 9.17) is 0 Å². The first-order chi connectivity index (χ1) is 12.6. The SMILES string of the molecule is Cc1cccc(Nc2nnc(SCC(=O)N(C)Cc3ccccc3)s2)c1. The zero-order valence-corrected chi connectivity index (χ0v) is 16.3. The second kappa shape index (κ2) is 8.82. The summed E-state index contributed by atoms with van der Waals surface area (Å²) < 4.78 is 0.779. The van der Waals surface area contributed by atoms with Crippen molar-refractivity contribution in [3.63, 3.8) is 0 Å². The molecule has 0 bridgehead atoms. The lowest BCUT2D eigenvalue weighted by atomic mass is 10.2. The summed E-state index contributed by atoms with van der Waals surface area (Å²) in [5, 5.41) is 12.3. The number of thioether (sulfide) groups is 1. The third-order valence-electron chi connectivity index (χ3n) is 3.68. The highest BCUT2D eigenvalue weighted by Crippen LogP contribution is 2.28. The second-order valence-electron chi connectivity index (χ2n) is 5.89. The molecule has 134 valence electrons. The van der Waals surface area contributed by atoms with Gasteiger partial charge in [-0.05, 0) is 30.2 Å². The van der Waals surface area contributed by atoms with E-state index in [2.05, 4.69) is 21.6 Å². The molecule has 3 aromatic rings. The zero-order valence-electron chi connectivity index (χ0n) is 14.7. The summed E-state index contributed by atoms with van der Waals surface area (Å²) in [6, 6.07) is 18.0. The van der Waals surface area contributed by atoms with Gasteiger partial charge in [0.2, 0.25) is 11.0 Å². The molecule has 5 nitrogen and oxygen atoms in total. The minimum Gasteiger partial charge on any atom is -0.341 e. The molecule has 0 aliphatic heterocycles. The Kier molecular flexibility index (Phi) is 6.25. The van der Waals surface area contributed by atoms with Gasteiger partial charge in [-0.3, -0.25) is 4.79 Å². The van der Waals surface area contributed by atoms with E-state index >= 15 is 0 Å². The van der Waals surface area contributed by atoms with Crippen molar-refractivity contribution >= 4 is 39.8 Å². The molecular weight excluding hydrogens is 364 g/mol. The van der Waals surface area contributed by atoms with Crippen LogP contribution in [-0.4, -0.2) is 33.8 Å². The summed E-state index contributed by atoms with van der Waals surface area (Å²) in [5.74, 6) is 0.421. The standard InChI is InChI=1S/C19H20N4OS2/c1-14-7-6-10-16(11-14)20-18-21-22-19(26-18)25-13-17(24)23(2)12-15-8-4-3-5-9-15/h3-11H,12-13H2,1-2H3,(H,20,21). The van der Waals surface area contributed by atoms with Crippen molar-refractivity contribution in [2.24, 2.45) is 0 Å². The van der Waals surface area contributed by atoms with E-state index in [0.717, 1.165) is 20.7 Å². The molecule has 0 atom stereocenters. The van der Waals surface area contributed by atoms with E-state index in [-0.39, 0.29) is 5.91 Å². The molecule has 1 N–H and O–H groups in total. The number of hydrogen-bond acceptors (Lipinski definition) is 6. The highest BCUT2D eigenvalue weighted by Gasteiger charge is 2.12. The van der Waals surface area contributed by atoms with Crippen molar-refractivity contribution in [1.29, 1.82) is 0 Å². The fraction of sp³-hybridized carbons (Fsp3) is 0.211. The van der Waals surface area contributed by atoms with Gasteiger partial charge in [0, 0.05) is 19.3 Å². The van der Waals surface area contributed by atoms with Crippen molar-refractivity contribution < 1.29 is 4.79 Å². The number of benzene rings is 2. The van der Waals surface area contributed by atoms with Crippen molar-refractivity contribution in [2.75, 3.05) is 18.1 Å². The Hall–Kier alpha value is -2.38. The molecule has 7 heteroatoms. The van der Waals surface area contributed by atoms with Crippen LogP contribution < -0.4 is 5.32 Å². The number of aromatic nitrogens is 2. The van der Waals surface area contributed by atoms with E-state index in [0.29, 0.717) is 12.3 Å². The summed E-state index contributed by atoms with van der Waals surface area (Å²) in [5.41, 5.74) is 3.28. The lowest BCUT2D eigenvalue weighted by Crippen LogP contribution is -2.27. The molecule has 1 amide bonds. The van der Waals surface area contributed by atoms with E-state index in [9.17, 15) is 4.79 Å². The minimum atomic E-state index is 0.0715. The van der Waals surface area contributed by atoms with Gasteiger partial charge in [-0.15, -0.1) is 10.2 Å². The first kappa shape index (κ1) is 18.4. The maximum Gasteiger partial charge on any atom is 0.233 e. The Morgan fingerprint density at radius 2 is 1.96 bits per heavy atom. The Labute approximate surface area is 161 Å². The third-order valence-corrected chi connectivity index (χ3v) is 5.64.